The molecule has 0 aromatic heterocycles. The molecule has 0 aliphatic carbocycles. The van der Waals surface area contributed by atoms with Gasteiger partial charge in [0.2, 0.25) is 0 Å². The predicted octanol–water partition coefficient (Wildman–Crippen LogP) is 4.77. The zero-order valence-electron chi connectivity index (χ0n) is 13.6. The molecular formula is C18H28N2. The number of benzene rings is 1. The minimum absolute atomic E-state index is 0.686. The lowest BCUT2D eigenvalue weighted by atomic mass is 10.0. The van der Waals surface area contributed by atoms with Gasteiger partial charge in [0, 0.05) is 13.1 Å². The van der Waals surface area contributed by atoms with Gasteiger partial charge in [0.05, 0.1) is 11.3 Å². The summed E-state index contributed by atoms with van der Waals surface area (Å²) >= 11 is 0. The van der Waals surface area contributed by atoms with Crippen molar-refractivity contribution < 1.29 is 0 Å². The minimum atomic E-state index is 0.686. The van der Waals surface area contributed by atoms with Gasteiger partial charge >= 0.3 is 0 Å². The van der Waals surface area contributed by atoms with Crippen molar-refractivity contribution in [3.8, 4) is 6.07 Å². The summed E-state index contributed by atoms with van der Waals surface area (Å²) in [6.45, 7) is 13.2. The maximum Gasteiger partial charge on any atom is 0.101 e. The van der Waals surface area contributed by atoms with E-state index in [2.05, 4.69) is 51.7 Å². The SMILES string of the molecule is Cc1cccc(C#N)c1N(CCC(C)C)CCC(C)C. The average Bonchev–Trinajstić information content (AvgIpc) is 2.39. The lowest BCUT2D eigenvalue weighted by Crippen LogP contribution is -2.29. The fourth-order valence-electron chi connectivity index (χ4n) is 2.33. The third kappa shape index (κ3) is 4.89. The fourth-order valence-corrected chi connectivity index (χ4v) is 2.33. The number of hydrogen-bond acceptors (Lipinski definition) is 2. The van der Waals surface area contributed by atoms with Crippen molar-refractivity contribution in [1.82, 2.24) is 0 Å². The molecule has 0 aliphatic rings. The molecule has 0 heterocycles. The van der Waals surface area contributed by atoms with Crippen LogP contribution in [-0.2, 0) is 0 Å². The van der Waals surface area contributed by atoms with Crippen molar-refractivity contribution in [3.63, 3.8) is 0 Å². The van der Waals surface area contributed by atoms with E-state index in [1.165, 1.54) is 5.56 Å². The Morgan fingerprint density at radius 2 is 1.60 bits per heavy atom. The number of hydrogen-bond donors (Lipinski definition) is 0. The van der Waals surface area contributed by atoms with E-state index in [1.54, 1.807) is 0 Å². The summed E-state index contributed by atoms with van der Waals surface area (Å²) in [5, 5.41) is 9.37. The lowest BCUT2D eigenvalue weighted by molar-refractivity contribution is 0.534. The minimum Gasteiger partial charge on any atom is -0.370 e. The summed E-state index contributed by atoms with van der Waals surface area (Å²) < 4.78 is 0. The molecule has 1 rings (SSSR count). The van der Waals surface area contributed by atoms with E-state index in [9.17, 15) is 5.26 Å². The summed E-state index contributed by atoms with van der Waals surface area (Å²) in [7, 11) is 0. The molecule has 0 saturated carbocycles. The van der Waals surface area contributed by atoms with Crippen LogP contribution < -0.4 is 4.90 Å². The molecule has 2 nitrogen and oxygen atoms in total. The first-order valence-electron chi connectivity index (χ1n) is 7.70. The van der Waals surface area contributed by atoms with Gasteiger partial charge in [-0.2, -0.15) is 5.26 Å². The Morgan fingerprint density at radius 3 is 2.05 bits per heavy atom. The Bertz CT molecular complexity index is 443. The number of nitrogens with zero attached hydrogens (tertiary/aromatic N) is 2. The zero-order valence-corrected chi connectivity index (χ0v) is 13.6. The standard InChI is InChI=1S/C18H28N2/c1-14(2)9-11-20(12-10-15(3)4)18-16(5)7-6-8-17(18)13-19/h6-8,14-15H,9-12H2,1-5H3. The van der Waals surface area contributed by atoms with Crippen molar-refractivity contribution in [2.45, 2.75) is 47.5 Å². The number of para-hydroxylation sites is 1. The molecule has 0 atom stereocenters. The molecular weight excluding hydrogens is 244 g/mol. The van der Waals surface area contributed by atoms with E-state index in [-0.39, 0.29) is 0 Å². The Labute approximate surface area is 124 Å². The van der Waals surface area contributed by atoms with Crippen LogP contribution in [0.4, 0.5) is 5.69 Å². The molecule has 0 fully saturated rings. The van der Waals surface area contributed by atoms with Gasteiger partial charge in [-0.1, -0.05) is 39.8 Å². The molecule has 1 aromatic carbocycles. The lowest BCUT2D eigenvalue weighted by Gasteiger charge is -2.29. The van der Waals surface area contributed by atoms with E-state index >= 15 is 0 Å². The molecule has 0 aliphatic heterocycles. The van der Waals surface area contributed by atoms with Crippen LogP contribution in [0.15, 0.2) is 18.2 Å². The smallest absolute Gasteiger partial charge is 0.101 e. The van der Waals surface area contributed by atoms with Crippen LogP contribution in [0, 0.1) is 30.1 Å². The molecule has 0 spiro atoms. The monoisotopic (exact) mass is 272 g/mol. The maximum atomic E-state index is 9.37. The Balaban J connectivity index is 2.99. The Hall–Kier alpha value is -1.49. The molecule has 0 radical (unpaired) electrons. The molecule has 0 amide bonds. The van der Waals surface area contributed by atoms with Gasteiger partial charge in [0.15, 0.2) is 0 Å². The first kappa shape index (κ1) is 16.6. The van der Waals surface area contributed by atoms with Crippen LogP contribution in [0.2, 0.25) is 0 Å². The molecule has 0 saturated heterocycles. The highest BCUT2D eigenvalue weighted by Gasteiger charge is 2.14. The zero-order chi connectivity index (χ0) is 15.1. The van der Waals surface area contributed by atoms with Crippen LogP contribution in [-0.4, -0.2) is 13.1 Å². The molecule has 1 aromatic rings. The average molecular weight is 272 g/mol. The highest BCUT2D eigenvalue weighted by molar-refractivity contribution is 5.64. The molecule has 0 unspecified atom stereocenters. The van der Waals surface area contributed by atoms with Crippen LogP contribution in [0.3, 0.4) is 0 Å². The van der Waals surface area contributed by atoms with Gasteiger partial charge in [0.25, 0.3) is 0 Å². The van der Waals surface area contributed by atoms with E-state index in [0.717, 1.165) is 37.2 Å². The Kier molecular flexibility index (Phi) is 6.58. The van der Waals surface area contributed by atoms with E-state index in [4.69, 9.17) is 0 Å². The van der Waals surface area contributed by atoms with Crippen molar-refractivity contribution in [1.29, 1.82) is 5.26 Å². The highest BCUT2D eigenvalue weighted by atomic mass is 15.1. The first-order valence-corrected chi connectivity index (χ1v) is 7.70. The summed E-state index contributed by atoms with van der Waals surface area (Å²) in [5.41, 5.74) is 3.14. The van der Waals surface area contributed by atoms with Gasteiger partial charge in [-0.15, -0.1) is 0 Å². The largest absolute Gasteiger partial charge is 0.370 e. The fraction of sp³-hybridized carbons (Fsp3) is 0.611. The molecule has 20 heavy (non-hydrogen) atoms. The molecule has 0 N–H and O–H groups in total. The number of aryl methyl sites for hydroxylation is 1. The predicted molar refractivity (Wildman–Crippen MR) is 87.0 cm³/mol. The summed E-state index contributed by atoms with van der Waals surface area (Å²) in [5.74, 6) is 1.37. The van der Waals surface area contributed by atoms with Crippen molar-refractivity contribution in [2.24, 2.45) is 11.8 Å². The Morgan fingerprint density at radius 1 is 1.05 bits per heavy atom. The first-order chi connectivity index (χ1) is 9.45. The second kappa shape index (κ2) is 7.94. The highest BCUT2D eigenvalue weighted by Crippen LogP contribution is 2.26. The van der Waals surface area contributed by atoms with Crippen molar-refractivity contribution >= 4 is 5.69 Å². The summed E-state index contributed by atoms with van der Waals surface area (Å²) in [4.78, 5) is 2.41. The summed E-state index contributed by atoms with van der Waals surface area (Å²) in [6.07, 6.45) is 2.33. The third-order valence-electron chi connectivity index (χ3n) is 3.63. The van der Waals surface area contributed by atoms with Gasteiger partial charge in [-0.25, -0.2) is 0 Å². The van der Waals surface area contributed by atoms with Crippen LogP contribution in [0.25, 0.3) is 0 Å². The second-order valence-corrected chi connectivity index (χ2v) is 6.43. The number of nitriles is 1. The van der Waals surface area contributed by atoms with Crippen molar-refractivity contribution in [3.05, 3.63) is 29.3 Å². The van der Waals surface area contributed by atoms with Gasteiger partial charge in [-0.05, 0) is 43.2 Å². The van der Waals surface area contributed by atoms with Gasteiger partial charge in [0.1, 0.15) is 6.07 Å². The van der Waals surface area contributed by atoms with Gasteiger partial charge < -0.3 is 4.90 Å². The van der Waals surface area contributed by atoms with Crippen molar-refractivity contribution in [2.75, 3.05) is 18.0 Å². The normalized spacial score (nSPS) is 10.9. The van der Waals surface area contributed by atoms with Gasteiger partial charge in [-0.3, -0.25) is 0 Å². The molecule has 110 valence electrons. The third-order valence-corrected chi connectivity index (χ3v) is 3.63. The molecule has 0 bridgehead atoms. The van der Waals surface area contributed by atoms with E-state index < -0.39 is 0 Å². The maximum absolute atomic E-state index is 9.37. The number of anilines is 1. The van der Waals surface area contributed by atoms with Crippen LogP contribution in [0.5, 0.6) is 0 Å². The van der Waals surface area contributed by atoms with E-state index in [1.807, 2.05) is 12.1 Å². The van der Waals surface area contributed by atoms with Crippen LogP contribution in [0.1, 0.15) is 51.7 Å². The van der Waals surface area contributed by atoms with Crippen LogP contribution >= 0.6 is 0 Å². The van der Waals surface area contributed by atoms with E-state index in [0.29, 0.717) is 11.8 Å². The second-order valence-electron chi connectivity index (χ2n) is 6.43. The number of rotatable bonds is 7. The topological polar surface area (TPSA) is 27.0 Å². The summed E-state index contributed by atoms with van der Waals surface area (Å²) in [6, 6.07) is 8.36. The molecule has 2 heteroatoms. The quantitative estimate of drug-likeness (QED) is 0.715.